The van der Waals surface area contributed by atoms with Crippen molar-refractivity contribution < 1.29 is 9.53 Å². The molecule has 66 valence electrons. The predicted molar refractivity (Wildman–Crippen MR) is 45.8 cm³/mol. The fraction of sp³-hybridized carbons (Fsp3) is 0.700. The standard InChI is InChI=1S/C10H14O2/c1-2-7-5-8(11)6-10-9(7)3-4-12-10/h3,7,10H,2,4-6H2,1H3. The molecule has 1 aliphatic carbocycles. The highest BCUT2D eigenvalue weighted by Gasteiger charge is 2.33. The number of ketones is 1. The van der Waals surface area contributed by atoms with E-state index in [1.807, 2.05) is 0 Å². The Hall–Kier alpha value is -0.630. The van der Waals surface area contributed by atoms with Gasteiger partial charge in [0.25, 0.3) is 0 Å². The molecule has 0 aromatic rings. The van der Waals surface area contributed by atoms with Gasteiger partial charge in [0, 0.05) is 12.8 Å². The SMILES string of the molecule is CCC1CC(=O)CC2OCC=C12. The molecule has 2 rings (SSSR count). The molecule has 2 heteroatoms. The van der Waals surface area contributed by atoms with Gasteiger partial charge < -0.3 is 4.74 Å². The van der Waals surface area contributed by atoms with E-state index in [0.717, 1.165) is 12.8 Å². The molecule has 1 aliphatic heterocycles. The lowest BCUT2D eigenvalue weighted by molar-refractivity contribution is -0.123. The Bertz CT molecular complexity index is 230. The Kier molecular flexibility index (Phi) is 2.01. The van der Waals surface area contributed by atoms with Gasteiger partial charge in [0.1, 0.15) is 5.78 Å². The largest absolute Gasteiger partial charge is 0.369 e. The van der Waals surface area contributed by atoms with Gasteiger partial charge in [-0.2, -0.15) is 0 Å². The topological polar surface area (TPSA) is 26.3 Å². The minimum atomic E-state index is 0.135. The van der Waals surface area contributed by atoms with Crippen LogP contribution in [0.1, 0.15) is 26.2 Å². The van der Waals surface area contributed by atoms with E-state index in [1.165, 1.54) is 5.57 Å². The van der Waals surface area contributed by atoms with Crippen LogP contribution >= 0.6 is 0 Å². The second-order valence-corrected chi connectivity index (χ2v) is 3.58. The third-order valence-electron chi connectivity index (χ3n) is 2.84. The summed E-state index contributed by atoms with van der Waals surface area (Å²) >= 11 is 0. The number of hydrogen-bond acceptors (Lipinski definition) is 2. The summed E-state index contributed by atoms with van der Waals surface area (Å²) in [5, 5.41) is 0. The molecule has 1 heterocycles. The third kappa shape index (κ3) is 1.20. The Balaban J connectivity index is 2.17. The molecule has 1 fully saturated rings. The molecule has 0 aromatic carbocycles. The zero-order valence-corrected chi connectivity index (χ0v) is 7.38. The fourth-order valence-electron chi connectivity index (χ4n) is 2.16. The molecule has 0 N–H and O–H groups in total. The molecule has 0 amide bonds. The van der Waals surface area contributed by atoms with Crippen molar-refractivity contribution in [1.29, 1.82) is 0 Å². The first-order valence-electron chi connectivity index (χ1n) is 4.64. The maximum atomic E-state index is 11.3. The van der Waals surface area contributed by atoms with Crippen molar-refractivity contribution in [2.75, 3.05) is 6.61 Å². The maximum absolute atomic E-state index is 11.3. The predicted octanol–water partition coefficient (Wildman–Crippen LogP) is 1.70. The van der Waals surface area contributed by atoms with Gasteiger partial charge in [-0.3, -0.25) is 4.79 Å². The van der Waals surface area contributed by atoms with Gasteiger partial charge in [-0.1, -0.05) is 13.0 Å². The van der Waals surface area contributed by atoms with Gasteiger partial charge in [-0.15, -0.1) is 0 Å². The maximum Gasteiger partial charge on any atom is 0.136 e. The molecular formula is C10H14O2. The average Bonchev–Trinajstić information content (AvgIpc) is 2.50. The first-order chi connectivity index (χ1) is 5.81. The van der Waals surface area contributed by atoms with Crippen LogP contribution in [0.2, 0.25) is 0 Å². The first-order valence-corrected chi connectivity index (χ1v) is 4.64. The molecular weight excluding hydrogens is 152 g/mol. The highest BCUT2D eigenvalue weighted by atomic mass is 16.5. The summed E-state index contributed by atoms with van der Waals surface area (Å²) < 4.78 is 5.45. The van der Waals surface area contributed by atoms with Gasteiger partial charge in [0.05, 0.1) is 12.7 Å². The van der Waals surface area contributed by atoms with E-state index in [9.17, 15) is 4.79 Å². The molecule has 0 spiro atoms. The van der Waals surface area contributed by atoms with Gasteiger partial charge in [-0.25, -0.2) is 0 Å². The van der Waals surface area contributed by atoms with E-state index in [1.54, 1.807) is 0 Å². The van der Waals surface area contributed by atoms with Crippen LogP contribution in [0.3, 0.4) is 0 Å². The van der Waals surface area contributed by atoms with Gasteiger partial charge in [0.2, 0.25) is 0 Å². The van der Waals surface area contributed by atoms with Crippen LogP contribution < -0.4 is 0 Å². The van der Waals surface area contributed by atoms with Crippen molar-refractivity contribution >= 4 is 5.78 Å². The molecule has 0 aromatic heterocycles. The molecule has 1 saturated carbocycles. The normalized spacial score (nSPS) is 34.8. The van der Waals surface area contributed by atoms with E-state index >= 15 is 0 Å². The lowest BCUT2D eigenvalue weighted by atomic mass is 9.81. The highest BCUT2D eigenvalue weighted by Crippen LogP contribution is 2.34. The zero-order valence-electron chi connectivity index (χ0n) is 7.38. The van der Waals surface area contributed by atoms with Crippen molar-refractivity contribution in [3.63, 3.8) is 0 Å². The number of fused-ring (bicyclic) bond motifs is 1. The molecule has 0 radical (unpaired) electrons. The lowest BCUT2D eigenvalue weighted by Gasteiger charge is -2.26. The van der Waals surface area contributed by atoms with Gasteiger partial charge in [-0.05, 0) is 17.9 Å². The average molecular weight is 166 g/mol. The molecule has 2 unspecified atom stereocenters. The van der Waals surface area contributed by atoms with E-state index in [4.69, 9.17) is 4.74 Å². The summed E-state index contributed by atoms with van der Waals surface area (Å²) in [6, 6.07) is 0. The number of rotatable bonds is 1. The Labute approximate surface area is 72.6 Å². The van der Waals surface area contributed by atoms with Crippen LogP contribution in [0.15, 0.2) is 11.6 Å². The van der Waals surface area contributed by atoms with Crippen molar-refractivity contribution in [3.05, 3.63) is 11.6 Å². The minimum Gasteiger partial charge on any atom is -0.369 e. The summed E-state index contributed by atoms with van der Waals surface area (Å²) in [4.78, 5) is 11.3. The first kappa shape index (κ1) is 7.99. The second kappa shape index (κ2) is 3.02. The highest BCUT2D eigenvalue weighted by molar-refractivity contribution is 5.81. The van der Waals surface area contributed by atoms with Crippen LogP contribution in [0.4, 0.5) is 0 Å². The summed E-state index contributed by atoms with van der Waals surface area (Å²) in [7, 11) is 0. The Morgan fingerprint density at radius 2 is 2.42 bits per heavy atom. The third-order valence-corrected chi connectivity index (χ3v) is 2.84. The van der Waals surface area contributed by atoms with E-state index in [2.05, 4.69) is 13.0 Å². The van der Waals surface area contributed by atoms with Crippen LogP contribution in [0.25, 0.3) is 0 Å². The summed E-state index contributed by atoms with van der Waals surface area (Å²) in [6.07, 6.45) is 4.71. The zero-order chi connectivity index (χ0) is 8.55. The number of Topliss-reactive ketones (excluding diaryl/α,β-unsaturated/α-hetero) is 1. The second-order valence-electron chi connectivity index (χ2n) is 3.58. The molecule has 0 bridgehead atoms. The van der Waals surface area contributed by atoms with Crippen LogP contribution in [0.5, 0.6) is 0 Å². The number of carbonyl (C=O) groups is 1. The van der Waals surface area contributed by atoms with Crippen LogP contribution in [-0.2, 0) is 9.53 Å². The molecule has 12 heavy (non-hydrogen) atoms. The summed E-state index contributed by atoms with van der Waals surface area (Å²) in [5.74, 6) is 0.838. The fourth-order valence-corrected chi connectivity index (χ4v) is 2.16. The summed E-state index contributed by atoms with van der Waals surface area (Å²) in [5.41, 5.74) is 1.39. The summed E-state index contributed by atoms with van der Waals surface area (Å²) in [6.45, 7) is 2.85. The van der Waals surface area contributed by atoms with Crippen molar-refractivity contribution in [1.82, 2.24) is 0 Å². The smallest absolute Gasteiger partial charge is 0.136 e. The Morgan fingerprint density at radius 1 is 1.58 bits per heavy atom. The quantitative estimate of drug-likeness (QED) is 0.554. The monoisotopic (exact) mass is 166 g/mol. The van der Waals surface area contributed by atoms with E-state index in [-0.39, 0.29) is 6.10 Å². The van der Waals surface area contributed by atoms with Crippen molar-refractivity contribution in [3.8, 4) is 0 Å². The van der Waals surface area contributed by atoms with Crippen LogP contribution in [0, 0.1) is 5.92 Å². The number of carbonyl (C=O) groups excluding carboxylic acids is 1. The van der Waals surface area contributed by atoms with Gasteiger partial charge >= 0.3 is 0 Å². The molecule has 2 nitrogen and oxygen atoms in total. The number of ether oxygens (including phenoxy) is 1. The van der Waals surface area contributed by atoms with Crippen molar-refractivity contribution in [2.45, 2.75) is 32.3 Å². The minimum absolute atomic E-state index is 0.135. The molecule has 2 aliphatic rings. The molecule has 0 saturated heterocycles. The van der Waals surface area contributed by atoms with E-state index in [0.29, 0.717) is 24.7 Å². The Morgan fingerprint density at radius 3 is 3.17 bits per heavy atom. The van der Waals surface area contributed by atoms with E-state index < -0.39 is 0 Å². The number of hydrogen-bond donors (Lipinski definition) is 0. The van der Waals surface area contributed by atoms with Crippen LogP contribution in [-0.4, -0.2) is 18.5 Å². The molecule has 2 atom stereocenters. The van der Waals surface area contributed by atoms with Gasteiger partial charge in [0.15, 0.2) is 0 Å². The van der Waals surface area contributed by atoms with Crippen molar-refractivity contribution in [2.24, 2.45) is 5.92 Å². The lowest BCUT2D eigenvalue weighted by Crippen LogP contribution is -2.28.